The molecule has 1 saturated carbocycles. The van der Waals surface area contributed by atoms with Crippen LogP contribution >= 0.6 is 11.8 Å². The van der Waals surface area contributed by atoms with Crippen LogP contribution in [0.1, 0.15) is 30.9 Å². The number of aryl methyl sites for hydroxylation is 1. The van der Waals surface area contributed by atoms with E-state index in [1.165, 1.54) is 17.3 Å². The van der Waals surface area contributed by atoms with E-state index in [1.807, 2.05) is 56.3 Å². The minimum atomic E-state index is -0.321. The summed E-state index contributed by atoms with van der Waals surface area (Å²) in [5, 5.41) is 3.87. The molecule has 1 N–H and O–H groups in total. The van der Waals surface area contributed by atoms with Gasteiger partial charge < -0.3 is 5.32 Å². The fourth-order valence-electron chi connectivity index (χ4n) is 3.01. The molecule has 0 bridgehead atoms. The lowest BCUT2D eigenvalue weighted by molar-refractivity contribution is -0.120. The monoisotopic (exact) mass is 393 g/mol. The minimum Gasteiger partial charge on any atom is -0.352 e. The molecule has 5 nitrogen and oxygen atoms in total. The Kier molecular flexibility index (Phi) is 5.22. The number of hydrogen-bond acceptors (Lipinski definition) is 4. The van der Waals surface area contributed by atoms with Gasteiger partial charge in [0.05, 0.1) is 22.7 Å². The highest BCUT2D eigenvalue weighted by molar-refractivity contribution is 8.00. The van der Waals surface area contributed by atoms with Gasteiger partial charge in [0.25, 0.3) is 5.56 Å². The van der Waals surface area contributed by atoms with E-state index in [-0.39, 0.29) is 16.7 Å². The van der Waals surface area contributed by atoms with E-state index in [2.05, 4.69) is 5.32 Å². The summed E-state index contributed by atoms with van der Waals surface area (Å²) in [5.74, 6) is -0.00297. The lowest BCUT2D eigenvalue weighted by atomic mass is 10.1. The second-order valence-corrected chi connectivity index (χ2v) is 8.64. The molecule has 0 aliphatic heterocycles. The molecule has 0 radical (unpaired) electrons. The molecule has 1 atom stereocenters. The lowest BCUT2D eigenvalue weighted by Crippen LogP contribution is -2.33. The zero-order valence-corrected chi connectivity index (χ0v) is 16.8. The van der Waals surface area contributed by atoms with Crippen LogP contribution in [0.5, 0.6) is 0 Å². The van der Waals surface area contributed by atoms with Crippen molar-refractivity contribution in [3.05, 3.63) is 70.0 Å². The quantitative estimate of drug-likeness (QED) is 0.514. The number of carbonyl (C=O) groups excluding carboxylic acids is 1. The highest BCUT2D eigenvalue weighted by atomic mass is 32.2. The van der Waals surface area contributed by atoms with Gasteiger partial charge in [-0.05, 0) is 44.4 Å². The van der Waals surface area contributed by atoms with Gasteiger partial charge in [-0.15, -0.1) is 0 Å². The van der Waals surface area contributed by atoms with Gasteiger partial charge in [-0.3, -0.25) is 14.2 Å². The first kappa shape index (κ1) is 18.7. The van der Waals surface area contributed by atoms with Gasteiger partial charge in [0.2, 0.25) is 5.91 Å². The number of rotatable bonds is 6. The largest absolute Gasteiger partial charge is 0.352 e. The third-order valence-electron chi connectivity index (χ3n) is 4.86. The predicted octanol–water partition coefficient (Wildman–Crippen LogP) is 3.51. The minimum absolute atomic E-state index is 0.00297. The van der Waals surface area contributed by atoms with E-state index in [9.17, 15) is 9.59 Å². The summed E-state index contributed by atoms with van der Waals surface area (Å²) in [6.07, 6.45) is 2.10. The third kappa shape index (κ3) is 4.12. The molecule has 144 valence electrons. The fraction of sp³-hybridized carbons (Fsp3) is 0.318. The molecule has 4 rings (SSSR count). The van der Waals surface area contributed by atoms with E-state index in [1.54, 1.807) is 10.6 Å². The van der Waals surface area contributed by atoms with Gasteiger partial charge >= 0.3 is 0 Å². The molecule has 0 unspecified atom stereocenters. The fourth-order valence-corrected chi connectivity index (χ4v) is 3.93. The molecule has 3 aromatic rings. The van der Waals surface area contributed by atoms with E-state index in [4.69, 9.17) is 4.98 Å². The molecule has 1 fully saturated rings. The number of fused-ring (bicyclic) bond motifs is 1. The zero-order chi connectivity index (χ0) is 19.7. The average molecular weight is 394 g/mol. The topological polar surface area (TPSA) is 64.0 Å². The maximum Gasteiger partial charge on any atom is 0.262 e. The van der Waals surface area contributed by atoms with Gasteiger partial charge in [-0.1, -0.05) is 53.7 Å². The van der Waals surface area contributed by atoms with Crippen molar-refractivity contribution in [2.24, 2.45) is 0 Å². The number of nitrogens with zero attached hydrogens (tertiary/aromatic N) is 2. The standard InChI is InChI=1S/C22H23N3O2S/c1-14-7-9-16(10-8-14)13-25-21(27)18-5-3-4-6-19(18)24-22(25)28-15(2)20(26)23-17-11-12-17/h3-10,15,17H,11-13H2,1-2H3,(H,23,26)/t15-/m0/s1. The van der Waals surface area contributed by atoms with E-state index in [0.717, 1.165) is 18.4 Å². The maximum absolute atomic E-state index is 13.2. The van der Waals surface area contributed by atoms with Crippen molar-refractivity contribution in [3.8, 4) is 0 Å². The van der Waals surface area contributed by atoms with Crippen molar-refractivity contribution in [3.63, 3.8) is 0 Å². The first-order chi connectivity index (χ1) is 13.5. The number of hydrogen-bond donors (Lipinski definition) is 1. The van der Waals surface area contributed by atoms with Crippen LogP contribution in [0.4, 0.5) is 0 Å². The second-order valence-electron chi connectivity index (χ2n) is 7.33. The highest BCUT2D eigenvalue weighted by Gasteiger charge is 2.27. The lowest BCUT2D eigenvalue weighted by Gasteiger charge is -2.16. The SMILES string of the molecule is Cc1ccc(Cn2c(S[C@@H](C)C(=O)NC3CC3)nc3ccccc3c2=O)cc1. The molecule has 28 heavy (non-hydrogen) atoms. The molecule has 1 amide bonds. The smallest absolute Gasteiger partial charge is 0.262 e. The van der Waals surface area contributed by atoms with Crippen LogP contribution in [0.25, 0.3) is 10.9 Å². The summed E-state index contributed by atoms with van der Waals surface area (Å²) < 4.78 is 1.68. The Hall–Kier alpha value is -2.60. The molecule has 2 aromatic carbocycles. The Morgan fingerprint density at radius 1 is 1.21 bits per heavy atom. The normalized spacial score (nSPS) is 14.8. The number of para-hydroxylation sites is 1. The molecule has 6 heteroatoms. The van der Waals surface area contributed by atoms with Crippen LogP contribution in [0.15, 0.2) is 58.5 Å². The van der Waals surface area contributed by atoms with Crippen LogP contribution in [-0.2, 0) is 11.3 Å². The maximum atomic E-state index is 13.2. The van der Waals surface area contributed by atoms with Crippen LogP contribution in [0, 0.1) is 6.92 Å². The summed E-state index contributed by atoms with van der Waals surface area (Å²) >= 11 is 1.34. The molecular formula is C22H23N3O2S. The van der Waals surface area contributed by atoms with Gasteiger partial charge in [-0.25, -0.2) is 4.98 Å². The summed E-state index contributed by atoms with van der Waals surface area (Å²) in [6.45, 7) is 4.32. The van der Waals surface area contributed by atoms with E-state index < -0.39 is 0 Å². The third-order valence-corrected chi connectivity index (χ3v) is 5.95. The Labute approximate surface area is 168 Å². The molecule has 1 aliphatic carbocycles. The Morgan fingerprint density at radius 2 is 1.93 bits per heavy atom. The Morgan fingerprint density at radius 3 is 2.64 bits per heavy atom. The Bertz CT molecular complexity index is 1070. The van der Waals surface area contributed by atoms with Crippen molar-refractivity contribution in [1.82, 2.24) is 14.9 Å². The number of amides is 1. The Balaban J connectivity index is 1.70. The van der Waals surface area contributed by atoms with E-state index >= 15 is 0 Å². The number of benzene rings is 2. The average Bonchev–Trinajstić information content (AvgIpc) is 3.50. The zero-order valence-electron chi connectivity index (χ0n) is 16.0. The summed E-state index contributed by atoms with van der Waals surface area (Å²) in [7, 11) is 0. The van der Waals surface area contributed by atoms with Crippen molar-refractivity contribution in [2.45, 2.75) is 49.7 Å². The van der Waals surface area contributed by atoms with Gasteiger partial charge in [0.1, 0.15) is 0 Å². The molecule has 1 aliphatic rings. The van der Waals surface area contributed by atoms with Gasteiger partial charge in [0.15, 0.2) is 5.16 Å². The molecule has 1 heterocycles. The molecule has 0 spiro atoms. The van der Waals surface area contributed by atoms with Crippen LogP contribution < -0.4 is 10.9 Å². The first-order valence-electron chi connectivity index (χ1n) is 9.53. The van der Waals surface area contributed by atoms with Crippen molar-refractivity contribution < 1.29 is 4.79 Å². The summed E-state index contributed by atoms with van der Waals surface area (Å²) in [6, 6.07) is 15.8. The molecule has 1 aromatic heterocycles. The van der Waals surface area contributed by atoms with Gasteiger partial charge in [-0.2, -0.15) is 0 Å². The van der Waals surface area contributed by atoms with Crippen LogP contribution in [0.2, 0.25) is 0 Å². The number of thioether (sulfide) groups is 1. The van der Waals surface area contributed by atoms with Crippen molar-refractivity contribution >= 4 is 28.6 Å². The van der Waals surface area contributed by atoms with E-state index in [0.29, 0.717) is 28.6 Å². The van der Waals surface area contributed by atoms with Gasteiger partial charge in [0, 0.05) is 6.04 Å². The number of aromatic nitrogens is 2. The number of carbonyl (C=O) groups is 1. The first-order valence-corrected chi connectivity index (χ1v) is 10.4. The molecular weight excluding hydrogens is 370 g/mol. The second kappa shape index (κ2) is 7.80. The summed E-state index contributed by atoms with van der Waals surface area (Å²) in [4.78, 5) is 30.3. The predicted molar refractivity (Wildman–Crippen MR) is 113 cm³/mol. The summed E-state index contributed by atoms with van der Waals surface area (Å²) in [5.41, 5.74) is 2.78. The van der Waals surface area contributed by atoms with Crippen molar-refractivity contribution in [1.29, 1.82) is 0 Å². The van der Waals surface area contributed by atoms with Crippen molar-refractivity contribution in [2.75, 3.05) is 0 Å². The number of nitrogens with one attached hydrogen (secondary N) is 1. The molecule has 0 saturated heterocycles. The highest BCUT2D eigenvalue weighted by Crippen LogP contribution is 2.25. The van der Waals surface area contributed by atoms with Crippen LogP contribution in [0.3, 0.4) is 0 Å². The van der Waals surface area contributed by atoms with Crippen LogP contribution in [-0.4, -0.2) is 26.8 Å².